The van der Waals surface area contributed by atoms with Gasteiger partial charge in [-0.25, -0.2) is 8.78 Å². The number of benzene rings is 1. The number of pyridine rings is 1. The molecule has 1 N–H and O–H groups in total. The predicted octanol–water partition coefficient (Wildman–Crippen LogP) is 3.09. The average Bonchev–Trinajstić information content (AvgIpc) is 2.36. The average molecular weight is 222 g/mol. The Morgan fingerprint density at radius 2 is 1.69 bits per heavy atom. The second-order valence-electron chi connectivity index (χ2n) is 2.90. The van der Waals surface area contributed by atoms with E-state index in [0.29, 0.717) is 5.69 Å². The van der Waals surface area contributed by atoms with Crippen LogP contribution in [0.5, 0.6) is 0 Å². The van der Waals surface area contributed by atoms with Crippen LogP contribution in [0.2, 0.25) is 0 Å². The third kappa shape index (κ3) is 4.04. The third-order valence-corrected chi connectivity index (χ3v) is 1.77. The van der Waals surface area contributed by atoms with Gasteiger partial charge in [0.05, 0.1) is 0 Å². The summed E-state index contributed by atoms with van der Waals surface area (Å²) < 4.78 is 24.6. The molecule has 2 rings (SSSR count). The molecule has 4 heteroatoms. The maximum atomic E-state index is 12.4. The maximum Gasteiger partial charge on any atom is 0.160 e. The topological polar surface area (TPSA) is 24.9 Å². The normalized spacial score (nSPS) is 8.94. The van der Waals surface area contributed by atoms with Gasteiger partial charge in [0.2, 0.25) is 0 Å². The molecule has 1 heterocycles. The molecule has 16 heavy (non-hydrogen) atoms. The summed E-state index contributed by atoms with van der Waals surface area (Å²) in [6.07, 6.45) is 3.50. The van der Waals surface area contributed by atoms with Crippen LogP contribution in [0.1, 0.15) is 0 Å². The van der Waals surface area contributed by atoms with Gasteiger partial charge in [0.15, 0.2) is 11.6 Å². The number of nitrogens with one attached hydrogen (secondary N) is 1. The van der Waals surface area contributed by atoms with Gasteiger partial charge in [-0.2, -0.15) is 0 Å². The monoisotopic (exact) mass is 222 g/mol. The van der Waals surface area contributed by atoms with Crippen LogP contribution in [-0.4, -0.2) is 12.0 Å². The Morgan fingerprint density at radius 3 is 2.06 bits per heavy atom. The second kappa shape index (κ2) is 6.50. The molecule has 0 aliphatic carbocycles. The highest BCUT2D eigenvalue weighted by Crippen LogP contribution is 2.11. The molecule has 1 aromatic heterocycles. The molecular weight excluding hydrogens is 210 g/mol. The van der Waals surface area contributed by atoms with Gasteiger partial charge in [0.1, 0.15) is 0 Å². The van der Waals surface area contributed by atoms with E-state index < -0.39 is 11.6 Å². The predicted molar refractivity (Wildman–Crippen MR) is 60.1 cm³/mol. The Kier molecular flexibility index (Phi) is 4.92. The summed E-state index contributed by atoms with van der Waals surface area (Å²) in [5.41, 5.74) is 0.568. The molecule has 0 bridgehead atoms. The minimum Gasteiger partial charge on any atom is -0.388 e. The first kappa shape index (κ1) is 12.1. The van der Waals surface area contributed by atoms with Gasteiger partial charge in [0, 0.05) is 25.1 Å². The fraction of sp³-hybridized carbons (Fsp3) is 0.0833. The summed E-state index contributed by atoms with van der Waals surface area (Å²) in [5.74, 6) is -1.65. The summed E-state index contributed by atoms with van der Waals surface area (Å²) in [4.78, 5) is 3.78. The maximum absolute atomic E-state index is 12.4. The number of rotatable bonds is 1. The first-order valence-corrected chi connectivity index (χ1v) is 4.72. The molecule has 0 unspecified atom stereocenters. The van der Waals surface area contributed by atoms with Crippen molar-refractivity contribution in [3.05, 3.63) is 60.4 Å². The highest BCUT2D eigenvalue weighted by atomic mass is 19.2. The Morgan fingerprint density at radius 1 is 1.00 bits per heavy atom. The van der Waals surface area contributed by atoms with E-state index in [-0.39, 0.29) is 0 Å². The Hall–Kier alpha value is -1.97. The van der Waals surface area contributed by atoms with E-state index in [1.165, 1.54) is 6.07 Å². The largest absolute Gasteiger partial charge is 0.388 e. The van der Waals surface area contributed by atoms with Gasteiger partial charge in [0.25, 0.3) is 0 Å². The van der Waals surface area contributed by atoms with Crippen molar-refractivity contribution in [2.24, 2.45) is 0 Å². The lowest BCUT2D eigenvalue weighted by Gasteiger charge is -1.98. The summed E-state index contributed by atoms with van der Waals surface area (Å²) in [6.45, 7) is 0. The molecule has 0 radical (unpaired) electrons. The van der Waals surface area contributed by atoms with Gasteiger partial charge >= 0.3 is 0 Å². The molecule has 0 spiro atoms. The van der Waals surface area contributed by atoms with Crippen LogP contribution in [0.15, 0.2) is 48.8 Å². The van der Waals surface area contributed by atoms with E-state index in [0.717, 1.165) is 12.1 Å². The van der Waals surface area contributed by atoms with Crippen molar-refractivity contribution in [1.29, 1.82) is 0 Å². The molecule has 0 fully saturated rings. The zero-order valence-corrected chi connectivity index (χ0v) is 8.82. The summed E-state index contributed by atoms with van der Waals surface area (Å²) in [7, 11) is 1.65. The third-order valence-electron chi connectivity index (χ3n) is 1.77. The smallest absolute Gasteiger partial charge is 0.160 e. The number of hydrogen-bond donors (Lipinski definition) is 1. The fourth-order valence-corrected chi connectivity index (χ4v) is 0.964. The Bertz CT molecular complexity index is 392. The van der Waals surface area contributed by atoms with Crippen LogP contribution in [0.3, 0.4) is 0 Å². The molecule has 0 saturated carbocycles. The number of halogens is 2. The highest BCUT2D eigenvalue weighted by Gasteiger charge is 1.99. The number of hydrogen-bond acceptors (Lipinski definition) is 2. The van der Waals surface area contributed by atoms with Gasteiger partial charge in [-0.1, -0.05) is 6.07 Å². The molecule has 2 aromatic rings. The van der Waals surface area contributed by atoms with E-state index >= 15 is 0 Å². The summed E-state index contributed by atoms with van der Waals surface area (Å²) in [6, 6.07) is 9.38. The fourth-order valence-electron chi connectivity index (χ4n) is 0.964. The van der Waals surface area contributed by atoms with Crippen molar-refractivity contribution in [2.45, 2.75) is 0 Å². The molecule has 0 saturated heterocycles. The van der Waals surface area contributed by atoms with Crippen molar-refractivity contribution in [3.8, 4) is 0 Å². The Labute approximate surface area is 93.0 Å². The minimum absolute atomic E-state index is 0.568. The van der Waals surface area contributed by atoms with E-state index in [9.17, 15) is 8.78 Å². The quantitative estimate of drug-likeness (QED) is 0.802. The molecular formula is C12H12F2N2. The van der Waals surface area contributed by atoms with Crippen LogP contribution in [0.25, 0.3) is 0 Å². The zero-order chi connectivity index (χ0) is 11.8. The molecule has 1 aromatic carbocycles. The molecule has 0 amide bonds. The Balaban J connectivity index is 0.000000181. The first-order chi connectivity index (χ1) is 7.74. The lowest BCUT2D eigenvalue weighted by molar-refractivity contribution is 0.509. The van der Waals surface area contributed by atoms with Crippen molar-refractivity contribution >= 4 is 5.69 Å². The van der Waals surface area contributed by atoms with Crippen LogP contribution >= 0.6 is 0 Å². The minimum atomic E-state index is -0.827. The van der Waals surface area contributed by atoms with Crippen LogP contribution in [0.4, 0.5) is 14.5 Å². The van der Waals surface area contributed by atoms with Crippen LogP contribution in [-0.2, 0) is 0 Å². The zero-order valence-electron chi connectivity index (χ0n) is 8.82. The van der Waals surface area contributed by atoms with Gasteiger partial charge < -0.3 is 5.32 Å². The van der Waals surface area contributed by atoms with Crippen molar-refractivity contribution in [3.63, 3.8) is 0 Å². The van der Waals surface area contributed by atoms with Crippen molar-refractivity contribution < 1.29 is 8.78 Å². The van der Waals surface area contributed by atoms with E-state index in [1.807, 2.05) is 18.2 Å². The van der Waals surface area contributed by atoms with Gasteiger partial charge in [-0.15, -0.1) is 0 Å². The molecule has 0 atom stereocenters. The number of nitrogens with zero attached hydrogens (tertiary/aromatic N) is 1. The number of aromatic nitrogens is 1. The van der Waals surface area contributed by atoms with Crippen LogP contribution < -0.4 is 5.32 Å². The SMILES string of the molecule is CNc1ccc(F)c(F)c1.c1ccncc1. The lowest BCUT2D eigenvalue weighted by Crippen LogP contribution is -1.90. The number of anilines is 1. The van der Waals surface area contributed by atoms with Crippen LogP contribution in [0, 0.1) is 11.6 Å². The highest BCUT2D eigenvalue weighted by molar-refractivity contribution is 5.42. The molecule has 84 valence electrons. The van der Waals surface area contributed by atoms with E-state index in [1.54, 1.807) is 19.4 Å². The standard InChI is InChI=1S/C7H7F2N.C5H5N/c1-10-5-2-3-6(8)7(9)4-5;1-2-4-6-5-3-1/h2-4,10H,1H3;1-5H. The second-order valence-corrected chi connectivity index (χ2v) is 2.90. The van der Waals surface area contributed by atoms with Crippen molar-refractivity contribution in [2.75, 3.05) is 12.4 Å². The van der Waals surface area contributed by atoms with Gasteiger partial charge in [-0.05, 0) is 30.3 Å². The molecule has 0 aliphatic rings. The lowest BCUT2D eigenvalue weighted by atomic mass is 10.3. The molecule has 2 nitrogen and oxygen atoms in total. The summed E-state index contributed by atoms with van der Waals surface area (Å²) in [5, 5.41) is 2.69. The van der Waals surface area contributed by atoms with E-state index in [4.69, 9.17) is 0 Å². The van der Waals surface area contributed by atoms with E-state index in [2.05, 4.69) is 10.3 Å². The van der Waals surface area contributed by atoms with Gasteiger partial charge in [-0.3, -0.25) is 4.98 Å². The first-order valence-electron chi connectivity index (χ1n) is 4.72. The van der Waals surface area contributed by atoms with Crippen molar-refractivity contribution in [1.82, 2.24) is 4.98 Å². The summed E-state index contributed by atoms with van der Waals surface area (Å²) >= 11 is 0. The molecule has 0 aliphatic heterocycles.